The van der Waals surface area contributed by atoms with E-state index < -0.39 is 0 Å². The van der Waals surface area contributed by atoms with E-state index in [2.05, 4.69) is 26.1 Å². The van der Waals surface area contributed by atoms with E-state index in [9.17, 15) is 9.59 Å². The van der Waals surface area contributed by atoms with Crippen molar-refractivity contribution in [1.29, 1.82) is 0 Å². The molecule has 2 atom stereocenters. The highest BCUT2D eigenvalue weighted by atomic mass is 16.2. The van der Waals surface area contributed by atoms with E-state index >= 15 is 0 Å². The van der Waals surface area contributed by atoms with Crippen molar-refractivity contribution in [1.82, 2.24) is 10.2 Å². The van der Waals surface area contributed by atoms with E-state index in [0.717, 1.165) is 56.4 Å². The van der Waals surface area contributed by atoms with Gasteiger partial charge in [-0.05, 0) is 88.4 Å². The third-order valence-electron chi connectivity index (χ3n) is 7.83. The summed E-state index contributed by atoms with van der Waals surface area (Å²) in [4.78, 5) is 28.6. The summed E-state index contributed by atoms with van der Waals surface area (Å²) in [6, 6.07) is -0.0648. The second kappa shape index (κ2) is 6.83. The van der Waals surface area contributed by atoms with Crippen LogP contribution in [0.15, 0.2) is 0 Å². The first-order chi connectivity index (χ1) is 12.4. The molecule has 0 spiro atoms. The topological polar surface area (TPSA) is 49.4 Å². The predicted molar refractivity (Wildman–Crippen MR) is 102 cm³/mol. The highest BCUT2D eigenvalue weighted by molar-refractivity contribution is 5.90. The minimum Gasteiger partial charge on any atom is -0.344 e. The Labute approximate surface area is 158 Å². The molecule has 0 aromatic rings. The van der Waals surface area contributed by atoms with E-state index in [-0.39, 0.29) is 29.2 Å². The quantitative estimate of drug-likeness (QED) is 0.830. The van der Waals surface area contributed by atoms with Gasteiger partial charge in [0.1, 0.15) is 6.04 Å². The number of carbonyl (C=O) groups excluding carboxylic acids is 2. The number of nitrogens with one attached hydrogen (secondary N) is 1. The lowest BCUT2D eigenvalue weighted by Crippen LogP contribution is -2.60. The van der Waals surface area contributed by atoms with Crippen molar-refractivity contribution in [2.24, 2.45) is 29.1 Å². The van der Waals surface area contributed by atoms with Gasteiger partial charge in [0, 0.05) is 18.0 Å². The van der Waals surface area contributed by atoms with E-state index in [4.69, 9.17) is 0 Å². The highest BCUT2D eigenvalue weighted by Crippen LogP contribution is 2.60. The number of amides is 2. The first kappa shape index (κ1) is 18.3. The smallest absolute Gasteiger partial charge is 0.245 e. The minimum atomic E-state index is -0.365. The van der Waals surface area contributed by atoms with Gasteiger partial charge in [0.05, 0.1) is 0 Å². The Morgan fingerprint density at radius 1 is 1.00 bits per heavy atom. The first-order valence-electron chi connectivity index (χ1n) is 11.0. The fourth-order valence-corrected chi connectivity index (χ4v) is 6.80. The summed E-state index contributed by atoms with van der Waals surface area (Å²) in [6.45, 7) is 7.13. The summed E-state index contributed by atoms with van der Waals surface area (Å²) < 4.78 is 0. The molecule has 0 radical (unpaired) electrons. The molecule has 2 amide bonds. The third-order valence-corrected chi connectivity index (χ3v) is 7.83. The standard InChI is InChI=1S/C22H36N2O2/c1-14(2)19(20(25)24-7-5-4-6-15(24)3)23-21(26)22-11-16-8-17(12-22)10-18(9-16)13-22/h14-19H,4-13H2,1-3H3,(H,23,26). The van der Waals surface area contributed by atoms with Gasteiger partial charge in [-0.25, -0.2) is 0 Å². The lowest BCUT2D eigenvalue weighted by atomic mass is 9.49. The zero-order valence-corrected chi connectivity index (χ0v) is 16.8. The Balaban J connectivity index is 1.48. The monoisotopic (exact) mass is 360 g/mol. The first-order valence-corrected chi connectivity index (χ1v) is 11.0. The SMILES string of the molecule is CC(C)C(NC(=O)C12CC3CC(CC(C3)C1)C2)C(=O)N1CCCCC1C. The molecule has 5 fully saturated rings. The second-order valence-electron chi connectivity index (χ2n) is 10.3. The number of likely N-dealkylation sites (tertiary alicyclic amines) is 1. The molecule has 5 aliphatic rings. The lowest BCUT2D eigenvalue weighted by molar-refractivity contribution is -0.151. The highest BCUT2D eigenvalue weighted by Gasteiger charge is 2.55. The van der Waals surface area contributed by atoms with Crippen LogP contribution in [-0.2, 0) is 9.59 Å². The van der Waals surface area contributed by atoms with Crippen molar-refractivity contribution in [2.75, 3.05) is 6.54 Å². The molecule has 4 nitrogen and oxygen atoms in total. The summed E-state index contributed by atoms with van der Waals surface area (Å²) in [6.07, 6.45) is 10.6. The number of hydrogen-bond donors (Lipinski definition) is 1. The maximum atomic E-state index is 13.4. The third kappa shape index (κ3) is 3.18. The predicted octanol–water partition coefficient (Wildman–Crippen LogP) is 3.74. The maximum absolute atomic E-state index is 13.4. The summed E-state index contributed by atoms with van der Waals surface area (Å²) in [5, 5.41) is 3.26. The zero-order valence-electron chi connectivity index (χ0n) is 16.8. The Kier molecular flexibility index (Phi) is 4.81. The van der Waals surface area contributed by atoms with Crippen LogP contribution in [0.2, 0.25) is 0 Å². The molecule has 1 saturated heterocycles. The number of rotatable bonds is 4. The van der Waals surface area contributed by atoms with Gasteiger partial charge in [-0.3, -0.25) is 9.59 Å². The summed E-state index contributed by atoms with van der Waals surface area (Å²) in [7, 11) is 0. The molecule has 1 heterocycles. The molecule has 0 aromatic carbocycles. The molecule has 5 rings (SSSR count). The van der Waals surface area contributed by atoms with Crippen LogP contribution in [0.3, 0.4) is 0 Å². The van der Waals surface area contributed by atoms with Gasteiger partial charge in [0.25, 0.3) is 0 Å². The van der Waals surface area contributed by atoms with Gasteiger partial charge >= 0.3 is 0 Å². The maximum Gasteiger partial charge on any atom is 0.245 e. The van der Waals surface area contributed by atoms with Gasteiger partial charge < -0.3 is 10.2 Å². The second-order valence-corrected chi connectivity index (χ2v) is 10.3. The Hall–Kier alpha value is -1.06. The van der Waals surface area contributed by atoms with Gasteiger partial charge in [-0.15, -0.1) is 0 Å². The summed E-state index contributed by atoms with van der Waals surface area (Å²) in [5.74, 6) is 2.72. The molecule has 4 saturated carbocycles. The Morgan fingerprint density at radius 3 is 2.08 bits per heavy atom. The molecule has 2 unspecified atom stereocenters. The number of hydrogen-bond acceptors (Lipinski definition) is 2. The van der Waals surface area contributed by atoms with Crippen molar-refractivity contribution in [3.8, 4) is 0 Å². The van der Waals surface area contributed by atoms with Crippen molar-refractivity contribution in [3.05, 3.63) is 0 Å². The van der Waals surface area contributed by atoms with Crippen LogP contribution in [0.5, 0.6) is 0 Å². The van der Waals surface area contributed by atoms with Crippen molar-refractivity contribution in [3.63, 3.8) is 0 Å². The van der Waals surface area contributed by atoms with Crippen LogP contribution in [0.1, 0.15) is 78.6 Å². The van der Waals surface area contributed by atoms with Crippen LogP contribution >= 0.6 is 0 Å². The number of nitrogens with zero attached hydrogens (tertiary/aromatic N) is 1. The summed E-state index contributed by atoms with van der Waals surface area (Å²) >= 11 is 0. The normalized spacial score (nSPS) is 39.9. The molecule has 4 aliphatic carbocycles. The average Bonchev–Trinajstić information content (AvgIpc) is 2.58. The number of piperidine rings is 1. The van der Waals surface area contributed by atoms with Crippen LogP contribution in [0, 0.1) is 29.1 Å². The van der Waals surface area contributed by atoms with Crippen LogP contribution in [0.4, 0.5) is 0 Å². The number of carbonyl (C=O) groups is 2. The Bertz CT molecular complexity index is 535. The van der Waals surface area contributed by atoms with Gasteiger partial charge in [0.15, 0.2) is 0 Å². The Morgan fingerprint density at radius 2 is 1.58 bits per heavy atom. The minimum absolute atomic E-state index is 0.134. The molecule has 4 heteroatoms. The summed E-state index contributed by atoms with van der Waals surface area (Å²) in [5.41, 5.74) is -0.171. The molecular formula is C22H36N2O2. The zero-order chi connectivity index (χ0) is 18.5. The fourth-order valence-electron chi connectivity index (χ4n) is 6.80. The van der Waals surface area contributed by atoms with Crippen molar-refractivity contribution < 1.29 is 9.59 Å². The van der Waals surface area contributed by atoms with E-state index in [0.29, 0.717) is 6.04 Å². The van der Waals surface area contributed by atoms with Crippen molar-refractivity contribution in [2.45, 2.75) is 90.6 Å². The van der Waals surface area contributed by atoms with Crippen LogP contribution in [-0.4, -0.2) is 35.3 Å². The lowest BCUT2D eigenvalue weighted by Gasteiger charge is -2.56. The molecular weight excluding hydrogens is 324 g/mol. The van der Waals surface area contributed by atoms with Crippen molar-refractivity contribution >= 4 is 11.8 Å². The molecule has 0 aromatic heterocycles. The van der Waals surface area contributed by atoms with E-state index in [1.165, 1.54) is 25.7 Å². The van der Waals surface area contributed by atoms with E-state index in [1.54, 1.807) is 0 Å². The van der Waals surface area contributed by atoms with Gasteiger partial charge in [-0.2, -0.15) is 0 Å². The van der Waals surface area contributed by atoms with E-state index in [1.807, 2.05) is 4.90 Å². The van der Waals surface area contributed by atoms with Gasteiger partial charge in [-0.1, -0.05) is 13.8 Å². The molecule has 4 bridgehead atoms. The van der Waals surface area contributed by atoms with Crippen LogP contribution < -0.4 is 5.32 Å². The molecule has 26 heavy (non-hydrogen) atoms. The molecule has 1 aliphatic heterocycles. The van der Waals surface area contributed by atoms with Gasteiger partial charge in [0.2, 0.25) is 11.8 Å². The average molecular weight is 361 g/mol. The largest absolute Gasteiger partial charge is 0.344 e. The fraction of sp³-hybridized carbons (Fsp3) is 0.909. The molecule has 146 valence electrons. The molecule has 1 N–H and O–H groups in total. The van der Waals surface area contributed by atoms with Crippen LogP contribution in [0.25, 0.3) is 0 Å².